The Morgan fingerprint density at radius 1 is 0.253 bits per heavy atom. The maximum absolute atomic E-state index is 5.50. The number of aromatic nitrogens is 5. The highest BCUT2D eigenvalue weighted by Crippen LogP contribution is 2.46. The van der Waals surface area contributed by atoms with E-state index in [0.29, 0.717) is 5.82 Å². The summed E-state index contributed by atoms with van der Waals surface area (Å²) in [5.41, 5.74) is 24.1. The van der Waals surface area contributed by atoms with Crippen LogP contribution in [0.1, 0.15) is 11.1 Å². The molecule has 0 bridgehead atoms. The number of fused-ring (bicyclic) bond motifs is 9. The summed E-state index contributed by atoms with van der Waals surface area (Å²) in [6.07, 6.45) is 0. The van der Waals surface area contributed by atoms with Gasteiger partial charge in [0.25, 0.3) is 0 Å². The Bertz CT molecular complexity index is 4860. The highest BCUT2D eigenvalue weighted by atomic mass is 15.0. The molecule has 0 radical (unpaired) electrons. The van der Waals surface area contributed by atoms with Gasteiger partial charge in [0.15, 0.2) is 5.82 Å². The van der Waals surface area contributed by atoms with E-state index in [9.17, 15) is 0 Å². The predicted octanol–water partition coefficient (Wildman–Crippen LogP) is 20.4. The lowest BCUT2D eigenvalue weighted by Gasteiger charge is -2.22. The monoisotopic (exact) mass is 1060 g/mol. The summed E-state index contributed by atoms with van der Waals surface area (Å²) in [7, 11) is 0. The van der Waals surface area contributed by atoms with Crippen molar-refractivity contribution in [2.75, 3.05) is 0 Å². The highest BCUT2D eigenvalue weighted by Gasteiger charge is 2.24. The van der Waals surface area contributed by atoms with Crippen LogP contribution in [0.5, 0.6) is 0 Å². The summed E-state index contributed by atoms with van der Waals surface area (Å²) in [6, 6.07) is 104. The molecule has 5 heteroatoms. The fourth-order valence-electron chi connectivity index (χ4n) is 13.0. The fraction of sp³-hybridized carbons (Fsp3) is 0.0256. The summed E-state index contributed by atoms with van der Waals surface area (Å²) in [6.45, 7) is 4.39. The summed E-state index contributed by atoms with van der Waals surface area (Å²) in [4.78, 5) is 10.8. The molecule has 0 unspecified atom stereocenters. The van der Waals surface area contributed by atoms with E-state index in [4.69, 9.17) is 9.97 Å². The van der Waals surface area contributed by atoms with Crippen LogP contribution in [0.25, 0.3) is 150 Å². The maximum Gasteiger partial charge on any atom is 0.160 e. The first-order valence-electron chi connectivity index (χ1n) is 28.5. The molecule has 0 amide bonds. The Balaban J connectivity index is 0.994. The number of benzene rings is 12. The quantitative estimate of drug-likeness (QED) is 0.145. The molecular weight excluding hydrogens is 1010 g/mol. The highest BCUT2D eigenvalue weighted by molar-refractivity contribution is 6.13. The minimum Gasteiger partial charge on any atom is -0.309 e. The van der Waals surface area contributed by atoms with Crippen LogP contribution in [0.2, 0.25) is 0 Å². The minimum atomic E-state index is 0.669. The number of aryl methyl sites for hydroxylation is 2. The second kappa shape index (κ2) is 19.4. The average molecular weight is 1060 g/mol. The Labute approximate surface area is 480 Å². The summed E-state index contributed by atoms with van der Waals surface area (Å²) < 4.78 is 7.32. The van der Waals surface area contributed by atoms with Crippen LogP contribution in [-0.4, -0.2) is 23.7 Å². The van der Waals surface area contributed by atoms with Crippen molar-refractivity contribution >= 4 is 65.4 Å². The van der Waals surface area contributed by atoms with E-state index in [1.54, 1.807) is 0 Å². The molecule has 0 spiro atoms. The molecule has 4 aromatic heterocycles. The summed E-state index contributed by atoms with van der Waals surface area (Å²) in [5.74, 6) is 0.669. The second-order valence-electron chi connectivity index (χ2n) is 21.9. The summed E-state index contributed by atoms with van der Waals surface area (Å²) >= 11 is 0. The minimum absolute atomic E-state index is 0.669. The van der Waals surface area contributed by atoms with E-state index in [0.717, 1.165) is 78.4 Å². The van der Waals surface area contributed by atoms with E-state index in [1.807, 2.05) is 6.07 Å². The number of hydrogen-bond donors (Lipinski definition) is 0. The Hall–Kier alpha value is -10.9. The lowest BCUT2D eigenvalue weighted by Crippen LogP contribution is -2.03. The van der Waals surface area contributed by atoms with Crippen LogP contribution < -0.4 is 0 Å². The van der Waals surface area contributed by atoms with Gasteiger partial charge < -0.3 is 13.7 Å². The average Bonchev–Trinajstić information content (AvgIpc) is 4.30. The zero-order valence-corrected chi connectivity index (χ0v) is 45.9. The number of hydrogen-bond acceptors (Lipinski definition) is 2. The molecule has 0 N–H and O–H groups in total. The molecule has 16 rings (SSSR count). The third kappa shape index (κ3) is 8.00. The van der Waals surface area contributed by atoms with Gasteiger partial charge in [-0.1, -0.05) is 206 Å². The van der Waals surface area contributed by atoms with Crippen molar-refractivity contribution in [3.05, 3.63) is 296 Å². The second-order valence-corrected chi connectivity index (χ2v) is 21.9. The molecule has 4 heterocycles. The van der Waals surface area contributed by atoms with Gasteiger partial charge in [-0.15, -0.1) is 0 Å². The lowest BCUT2D eigenvalue weighted by molar-refractivity contribution is 1.16. The fourth-order valence-corrected chi connectivity index (χ4v) is 13.0. The van der Waals surface area contributed by atoms with Gasteiger partial charge in [-0.05, 0) is 127 Å². The molecule has 390 valence electrons. The smallest absolute Gasteiger partial charge is 0.160 e. The first-order valence-corrected chi connectivity index (χ1v) is 28.5. The maximum atomic E-state index is 5.50. The molecule has 0 saturated heterocycles. The molecule has 0 aliphatic heterocycles. The van der Waals surface area contributed by atoms with Crippen molar-refractivity contribution in [3.63, 3.8) is 0 Å². The van der Waals surface area contributed by atoms with E-state index in [-0.39, 0.29) is 0 Å². The lowest BCUT2D eigenvalue weighted by atomic mass is 9.91. The van der Waals surface area contributed by atoms with Crippen LogP contribution in [-0.2, 0) is 0 Å². The molecular formula is C78H53N5. The van der Waals surface area contributed by atoms with Gasteiger partial charge in [0.05, 0.1) is 50.2 Å². The van der Waals surface area contributed by atoms with E-state index in [2.05, 4.69) is 307 Å². The van der Waals surface area contributed by atoms with Crippen molar-refractivity contribution in [1.82, 2.24) is 23.7 Å². The van der Waals surface area contributed by atoms with Crippen molar-refractivity contribution in [2.45, 2.75) is 13.8 Å². The van der Waals surface area contributed by atoms with Gasteiger partial charge in [0.1, 0.15) is 0 Å². The van der Waals surface area contributed by atoms with Gasteiger partial charge in [0.2, 0.25) is 0 Å². The third-order valence-electron chi connectivity index (χ3n) is 16.9. The van der Waals surface area contributed by atoms with E-state index in [1.165, 1.54) is 76.6 Å². The molecule has 0 atom stereocenters. The summed E-state index contributed by atoms with van der Waals surface area (Å²) in [5, 5.41) is 7.32. The zero-order chi connectivity index (χ0) is 55.1. The van der Waals surface area contributed by atoms with Gasteiger partial charge in [-0.25, -0.2) is 9.97 Å². The molecule has 0 aliphatic rings. The van der Waals surface area contributed by atoms with Crippen LogP contribution in [0.3, 0.4) is 0 Å². The zero-order valence-electron chi connectivity index (χ0n) is 45.9. The van der Waals surface area contributed by atoms with Crippen LogP contribution >= 0.6 is 0 Å². The Morgan fingerprint density at radius 3 is 1.13 bits per heavy atom. The predicted molar refractivity (Wildman–Crippen MR) is 347 cm³/mol. The molecule has 0 fully saturated rings. The van der Waals surface area contributed by atoms with Gasteiger partial charge >= 0.3 is 0 Å². The molecule has 16 aromatic rings. The van der Waals surface area contributed by atoms with Crippen LogP contribution in [0.4, 0.5) is 0 Å². The molecule has 0 aliphatic carbocycles. The van der Waals surface area contributed by atoms with Crippen LogP contribution in [0.15, 0.2) is 285 Å². The first-order chi connectivity index (χ1) is 41.0. The number of nitrogens with zero attached hydrogens (tertiary/aromatic N) is 5. The normalized spacial score (nSPS) is 11.7. The number of para-hydroxylation sites is 5. The van der Waals surface area contributed by atoms with Crippen molar-refractivity contribution in [2.24, 2.45) is 0 Å². The largest absolute Gasteiger partial charge is 0.309 e. The Morgan fingerprint density at radius 2 is 0.651 bits per heavy atom. The standard InChI is InChI=1S/C78H53N5/c1-50-33-43-60(51(2)45-50)56-38-44-76-68(46-56)65-27-13-18-32-75(65)83(76)77-66(52-34-39-58(40-35-52)81-71-28-14-9-23-61(71)62-24-10-15-29-72(62)81)47-57(70-49-69(54-19-5-3-6-20-54)79-78(80-70)55-21-7-4-8-22-55)48-67(77)53-36-41-59(42-37-53)82-73-30-16-11-25-63(73)64-26-12-17-31-74(64)82/h3-49H,1-2H3. The van der Waals surface area contributed by atoms with Gasteiger partial charge in [0, 0.05) is 71.5 Å². The van der Waals surface area contributed by atoms with Gasteiger partial charge in [-0.2, -0.15) is 0 Å². The van der Waals surface area contributed by atoms with Crippen molar-refractivity contribution < 1.29 is 0 Å². The third-order valence-corrected chi connectivity index (χ3v) is 16.9. The van der Waals surface area contributed by atoms with Crippen LogP contribution in [0, 0.1) is 13.8 Å². The topological polar surface area (TPSA) is 40.6 Å². The molecule has 12 aromatic carbocycles. The Kier molecular flexibility index (Phi) is 11.3. The van der Waals surface area contributed by atoms with Crippen molar-refractivity contribution in [3.8, 4) is 84.3 Å². The molecule has 5 nitrogen and oxygen atoms in total. The van der Waals surface area contributed by atoms with Crippen molar-refractivity contribution in [1.29, 1.82) is 0 Å². The molecule has 0 saturated carbocycles. The number of rotatable bonds is 9. The van der Waals surface area contributed by atoms with E-state index >= 15 is 0 Å². The van der Waals surface area contributed by atoms with Gasteiger partial charge in [-0.3, -0.25) is 0 Å². The first kappa shape index (κ1) is 48.1. The van der Waals surface area contributed by atoms with E-state index < -0.39 is 0 Å². The molecule has 83 heavy (non-hydrogen) atoms. The SMILES string of the molecule is Cc1ccc(-c2ccc3c(c2)c2ccccc2n3-c2c(-c3ccc(-n4c5ccccc5c5ccccc54)cc3)cc(-c3cc(-c4ccccc4)nc(-c4ccccc4)n3)cc2-c2ccc(-n3c4ccccc4c4ccccc43)cc2)c(C)c1.